The van der Waals surface area contributed by atoms with Crippen LogP contribution in [0.1, 0.15) is 28.1 Å². The molecule has 0 fully saturated rings. The molecule has 0 saturated carbocycles. The number of hydrogen-bond acceptors (Lipinski definition) is 2. The zero-order chi connectivity index (χ0) is 9.14. The molecule has 0 aromatic heterocycles. The van der Waals surface area contributed by atoms with E-state index in [2.05, 4.69) is 0 Å². The number of benzene rings is 1. The summed E-state index contributed by atoms with van der Waals surface area (Å²) in [5, 5.41) is 16.9. The minimum atomic E-state index is -1.06. The molecule has 0 amide bonds. The van der Waals surface area contributed by atoms with Gasteiger partial charge in [-0.2, -0.15) is 0 Å². The van der Waals surface area contributed by atoms with Crippen molar-refractivity contribution in [1.29, 1.82) is 0 Å². The molecule has 2 N–H and O–H groups in total. The molecule has 0 saturated heterocycles. The Kier molecular flexibility index (Phi) is 6.89. The summed E-state index contributed by atoms with van der Waals surface area (Å²) in [6, 6.07) is 5.02. The van der Waals surface area contributed by atoms with Gasteiger partial charge in [0.15, 0.2) is 0 Å². The average Bonchev–Trinajstić information content (AvgIpc) is 2.04. The first-order valence-electron chi connectivity index (χ1n) is 3.18. The monoisotopic (exact) mass is 288 g/mol. The van der Waals surface area contributed by atoms with Crippen LogP contribution in [-0.4, -0.2) is 22.2 Å². The Morgan fingerprint density at radius 2 is 1.07 bits per heavy atom. The maximum atomic E-state index is 10.3. The summed E-state index contributed by atoms with van der Waals surface area (Å²) in [5.41, 5.74) is 0.167. The van der Waals surface area contributed by atoms with E-state index in [-0.39, 0.29) is 39.0 Å². The normalized spacial score (nSPS) is 8.00. The topological polar surface area (TPSA) is 74.6 Å². The van der Waals surface area contributed by atoms with Crippen molar-refractivity contribution in [2.75, 3.05) is 0 Å². The molecule has 0 spiro atoms. The van der Waals surface area contributed by atoms with E-state index in [0.717, 1.165) is 0 Å². The zero-order valence-electron chi connectivity index (χ0n) is 6.34. The Hall–Kier alpha value is -1.18. The molecule has 0 aliphatic rings. The molecule has 0 unspecified atom stereocenters. The van der Waals surface area contributed by atoms with E-state index in [0.29, 0.717) is 0 Å². The van der Waals surface area contributed by atoms with E-state index in [9.17, 15) is 9.59 Å². The summed E-state index contributed by atoms with van der Waals surface area (Å²) in [6.07, 6.45) is 0. The minimum Gasteiger partial charge on any atom is -0.478 e. The van der Waals surface area contributed by atoms with Gasteiger partial charge in [-0.1, -0.05) is 7.43 Å². The van der Waals surface area contributed by atoms with Crippen LogP contribution in [-0.2, 0) is 20.4 Å². The third-order valence-corrected chi connectivity index (χ3v) is 1.38. The molecule has 0 radical (unpaired) electrons. The van der Waals surface area contributed by atoms with E-state index in [4.69, 9.17) is 10.2 Å². The van der Waals surface area contributed by atoms with Crippen LogP contribution in [0.5, 0.6) is 0 Å². The number of carbonyl (C=O) groups is 2. The average molecular weight is 289 g/mol. The maximum absolute atomic E-state index is 10.3. The van der Waals surface area contributed by atoms with Gasteiger partial charge in [0.05, 0.1) is 11.1 Å². The standard InChI is InChI=1S/C8H6O4.CH4.Pd/c9-7(10)5-1-2-6(4-3-5)8(11)12;;/h1-4H,(H,9,10)(H,11,12);1H4;. The fourth-order valence-corrected chi connectivity index (χ4v) is 0.755. The smallest absolute Gasteiger partial charge is 0.335 e. The van der Waals surface area contributed by atoms with Crippen molar-refractivity contribution in [1.82, 2.24) is 0 Å². The van der Waals surface area contributed by atoms with E-state index in [1.54, 1.807) is 0 Å². The van der Waals surface area contributed by atoms with Gasteiger partial charge >= 0.3 is 11.9 Å². The predicted octanol–water partition coefficient (Wildman–Crippen LogP) is 1.72. The molecule has 0 aliphatic heterocycles. The molecule has 1 rings (SSSR count). The fraction of sp³-hybridized carbons (Fsp3) is 0.111. The summed E-state index contributed by atoms with van der Waals surface area (Å²) in [5.74, 6) is -2.13. The van der Waals surface area contributed by atoms with Crippen LogP contribution in [0.3, 0.4) is 0 Å². The summed E-state index contributed by atoms with van der Waals surface area (Å²) < 4.78 is 0. The van der Waals surface area contributed by atoms with Crippen LogP contribution in [0.15, 0.2) is 24.3 Å². The summed E-state index contributed by atoms with van der Waals surface area (Å²) in [4.78, 5) is 20.7. The Balaban J connectivity index is 0. The molecule has 80 valence electrons. The third kappa shape index (κ3) is 3.69. The first-order valence-corrected chi connectivity index (χ1v) is 3.18. The third-order valence-electron chi connectivity index (χ3n) is 1.38. The molecular formula is C9H10O4Pd. The Morgan fingerprint density at radius 3 is 1.21 bits per heavy atom. The Bertz CT molecular complexity index is 285. The van der Waals surface area contributed by atoms with Crippen molar-refractivity contribution in [3.05, 3.63) is 35.4 Å². The Labute approximate surface area is 95.2 Å². The van der Waals surface area contributed by atoms with Crippen LogP contribution in [0.25, 0.3) is 0 Å². The molecule has 1 aromatic carbocycles. The number of carboxylic acids is 2. The summed E-state index contributed by atoms with van der Waals surface area (Å²) >= 11 is 0. The van der Waals surface area contributed by atoms with Gasteiger partial charge in [-0.25, -0.2) is 9.59 Å². The molecule has 0 aliphatic carbocycles. The molecule has 0 bridgehead atoms. The van der Waals surface area contributed by atoms with E-state index in [1.165, 1.54) is 24.3 Å². The second-order valence-electron chi connectivity index (χ2n) is 2.19. The van der Waals surface area contributed by atoms with Crippen LogP contribution >= 0.6 is 0 Å². The SMILES string of the molecule is C.O=C(O)c1ccc(C(=O)O)cc1.[Pd]. The van der Waals surface area contributed by atoms with Crippen LogP contribution < -0.4 is 0 Å². The van der Waals surface area contributed by atoms with Crippen LogP contribution in [0, 0.1) is 0 Å². The van der Waals surface area contributed by atoms with E-state index >= 15 is 0 Å². The molecule has 0 heterocycles. The Morgan fingerprint density at radius 1 is 0.857 bits per heavy atom. The first kappa shape index (κ1) is 15.3. The van der Waals surface area contributed by atoms with Gasteiger partial charge < -0.3 is 10.2 Å². The van der Waals surface area contributed by atoms with Gasteiger partial charge in [0, 0.05) is 20.4 Å². The van der Waals surface area contributed by atoms with Crippen molar-refractivity contribution in [3.8, 4) is 0 Å². The summed E-state index contributed by atoms with van der Waals surface area (Å²) in [7, 11) is 0. The number of carboxylic acid groups (broad SMARTS) is 2. The molecule has 5 heteroatoms. The maximum Gasteiger partial charge on any atom is 0.335 e. The van der Waals surface area contributed by atoms with Crippen molar-refractivity contribution in [2.24, 2.45) is 0 Å². The van der Waals surface area contributed by atoms with Gasteiger partial charge in [0.25, 0.3) is 0 Å². The molecular weight excluding hydrogens is 279 g/mol. The van der Waals surface area contributed by atoms with E-state index < -0.39 is 11.9 Å². The summed E-state index contributed by atoms with van der Waals surface area (Å²) in [6.45, 7) is 0. The largest absolute Gasteiger partial charge is 0.478 e. The first-order chi connectivity index (χ1) is 5.61. The number of hydrogen-bond donors (Lipinski definition) is 2. The van der Waals surface area contributed by atoms with Crippen molar-refractivity contribution in [2.45, 2.75) is 7.43 Å². The van der Waals surface area contributed by atoms with Crippen molar-refractivity contribution >= 4 is 11.9 Å². The molecule has 4 nitrogen and oxygen atoms in total. The fourth-order valence-electron chi connectivity index (χ4n) is 0.755. The van der Waals surface area contributed by atoms with Gasteiger partial charge in [-0.15, -0.1) is 0 Å². The minimum absolute atomic E-state index is 0. The number of rotatable bonds is 2. The number of aromatic carboxylic acids is 2. The quantitative estimate of drug-likeness (QED) is 0.813. The van der Waals surface area contributed by atoms with E-state index in [1.807, 2.05) is 0 Å². The van der Waals surface area contributed by atoms with Crippen LogP contribution in [0.2, 0.25) is 0 Å². The van der Waals surface area contributed by atoms with Gasteiger partial charge in [0.1, 0.15) is 0 Å². The van der Waals surface area contributed by atoms with Gasteiger partial charge in [0.2, 0.25) is 0 Å². The zero-order valence-corrected chi connectivity index (χ0v) is 7.89. The predicted molar refractivity (Wildman–Crippen MR) is 47.1 cm³/mol. The van der Waals surface area contributed by atoms with Gasteiger partial charge in [-0.05, 0) is 24.3 Å². The molecule has 0 atom stereocenters. The van der Waals surface area contributed by atoms with Crippen molar-refractivity contribution < 1.29 is 40.2 Å². The van der Waals surface area contributed by atoms with Crippen LogP contribution in [0.4, 0.5) is 0 Å². The molecule has 1 aromatic rings. The second-order valence-corrected chi connectivity index (χ2v) is 2.19. The van der Waals surface area contributed by atoms with Gasteiger partial charge in [-0.3, -0.25) is 0 Å². The second kappa shape index (κ2) is 6.30. The van der Waals surface area contributed by atoms with Crippen molar-refractivity contribution in [3.63, 3.8) is 0 Å². The molecule has 14 heavy (non-hydrogen) atoms.